The fourth-order valence-corrected chi connectivity index (χ4v) is 1.15. The maximum Gasteiger partial charge on any atom is 0.342 e. The summed E-state index contributed by atoms with van der Waals surface area (Å²) < 4.78 is 10.3. The van der Waals surface area contributed by atoms with Gasteiger partial charge in [0.25, 0.3) is 0 Å². The molecule has 0 aliphatic rings. The lowest BCUT2D eigenvalue weighted by molar-refractivity contribution is 0.00666. The number of rotatable bonds is 2. The van der Waals surface area contributed by atoms with Crippen molar-refractivity contribution in [1.29, 1.82) is 0 Å². The predicted molar refractivity (Wildman–Crippen MR) is 58.2 cm³/mol. The molecule has 1 aromatic carbocycles. The lowest BCUT2D eigenvalue weighted by atomic mass is 10.1. The number of hydrogen-bond acceptors (Lipinski definition) is 3. The SMILES string of the molecule is COc1ccccc1C(=O)OC(C)(C)C. The van der Waals surface area contributed by atoms with Crippen LogP contribution >= 0.6 is 0 Å². The minimum absolute atomic E-state index is 0.361. The molecule has 0 unspecified atom stereocenters. The van der Waals surface area contributed by atoms with E-state index in [1.165, 1.54) is 7.11 Å². The summed E-state index contributed by atoms with van der Waals surface area (Å²) in [5.41, 5.74) is -0.0345. The van der Waals surface area contributed by atoms with Crippen LogP contribution in [0, 0.1) is 0 Å². The molecule has 0 amide bonds. The third kappa shape index (κ3) is 3.27. The number of para-hydroxylation sites is 1. The van der Waals surface area contributed by atoms with Gasteiger partial charge in [0, 0.05) is 0 Å². The molecule has 82 valence electrons. The Morgan fingerprint density at radius 2 is 1.80 bits per heavy atom. The molecule has 0 aliphatic carbocycles. The molecule has 0 bridgehead atoms. The van der Waals surface area contributed by atoms with E-state index in [-0.39, 0.29) is 5.97 Å². The summed E-state index contributed by atoms with van der Waals surface area (Å²) >= 11 is 0. The second kappa shape index (κ2) is 4.34. The topological polar surface area (TPSA) is 35.5 Å². The molecule has 0 fully saturated rings. The molecule has 3 heteroatoms. The average molecular weight is 208 g/mol. The normalized spacial score (nSPS) is 10.9. The molecule has 0 saturated carbocycles. The van der Waals surface area contributed by atoms with Gasteiger partial charge in [-0.3, -0.25) is 0 Å². The Labute approximate surface area is 90.0 Å². The highest BCUT2D eigenvalue weighted by Crippen LogP contribution is 2.20. The van der Waals surface area contributed by atoms with Crippen molar-refractivity contribution in [3.63, 3.8) is 0 Å². The molecule has 3 nitrogen and oxygen atoms in total. The molecule has 0 spiro atoms. The molecule has 0 aliphatic heterocycles. The fourth-order valence-electron chi connectivity index (χ4n) is 1.15. The van der Waals surface area contributed by atoms with E-state index in [4.69, 9.17) is 9.47 Å². The predicted octanol–water partition coefficient (Wildman–Crippen LogP) is 2.65. The smallest absolute Gasteiger partial charge is 0.342 e. The largest absolute Gasteiger partial charge is 0.496 e. The highest BCUT2D eigenvalue weighted by molar-refractivity contribution is 5.92. The van der Waals surface area contributed by atoms with E-state index < -0.39 is 5.60 Å². The third-order valence-electron chi connectivity index (χ3n) is 1.73. The molecule has 1 rings (SSSR count). The first-order valence-corrected chi connectivity index (χ1v) is 4.80. The molecule has 0 N–H and O–H groups in total. The van der Waals surface area contributed by atoms with Gasteiger partial charge in [0.15, 0.2) is 0 Å². The van der Waals surface area contributed by atoms with Gasteiger partial charge in [-0.25, -0.2) is 4.79 Å². The van der Waals surface area contributed by atoms with Crippen LogP contribution in [0.15, 0.2) is 24.3 Å². The van der Waals surface area contributed by atoms with Gasteiger partial charge in [-0.2, -0.15) is 0 Å². The quantitative estimate of drug-likeness (QED) is 0.701. The van der Waals surface area contributed by atoms with E-state index >= 15 is 0 Å². The van der Waals surface area contributed by atoms with E-state index in [1.807, 2.05) is 26.8 Å². The summed E-state index contributed by atoms with van der Waals surface area (Å²) in [5.74, 6) is 0.173. The highest BCUT2D eigenvalue weighted by atomic mass is 16.6. The summed E-state index contributed by atoms with van der Waals surface area (Å²) in [7, 11) is 1.53. The van der Waals surface area contributed by atoms with Crippen molar-refractivity contribution in [2.45, 2.75) is 26.4 Å². The summed E-state index contributed by atoms with van der Waals surface area (Å²) in [6, 6.07) is 7.01. The van der Waals surface area contributed by atoms with Crippen molar-refractivity contribution in [2.75, 3.05) is 7.11 Å². The number of methoxy groups -OCH3 is 1. The van der Waals surface area contributed by atoms with Gasteiger partial charge in [0.2, 0.25) is 0 Å². The molecule has 0 radical (unpaired) electrons. The minimum atomic E-state index is -0.488. The zero-order chi connectivity index (χ0) is 11.5. The van der Waals surface area contributed by atoms with Crippen molar-refractivity contribution >= 4 is 5.97 Å². The second-order valence-corrected chi connectivity index (χ2v) is 4.20. The summed E-state index contributed by atoms with van der Waals surface area (Å²) in [5, 5.41) is 0. The van der Waals surface area contributed by atoms with Gasteiger partial charge in [0.05, 0.1) is 7.11 Å². The Hall–Kier alpha value is -1.51. The fraction of sp³-hybridized carbons (Fsp3) is 0.417. The van der Waals surface area contributed by atoms with E-state index in [2.05, 4.69) is 0 Å². The van der Waals surface area contributed by atoms with E-state index in [1.54, 1.807) is 18.2 Å². The maximum absolute atomic E-state index is 11.7. The second-order valence-electron chi connectivity index (χ2n) is 4.20. The van der Waals surface area contributed by atoms with Gasteiger partial charge >= 0.3 is 5.97 Å². The zero-order valence-corrected chi connectivity index (χ0v) is 9.53. The number of esters is 1. The maximum atomic E-state index is 11.7. The molecule has 1 aromatic rings. The number of ether oxygens (including phenoxy) is 2. The molecule has 0 aromatic heterocycles. The van der Waals surface area contributed by atoms with Crippen molar-refractivity contribution in [3.05, 3.63) is 29.8 Å². The molecule has 15 heavy (non-hydrogen) atoms. The van der Waals surface area contributed by atoms with E-state index in [0.29, 0.717) is 11.3 Å². The van der Waals surface area contributed by atoms with Crippen LogP contribution in [-0.4, -0.2) is 18.7 Å². The Bertz CT molecular complexity index is 350. The Morgan fingerprint density at radius 3 is 2.33 bits per heavy atom. The number of carbonyl (C=O) groups is 1. The van der Waals surface area contributed by atoms with Crippen molar-refractivity contribution in [2.24, 2.45) is 0 Å². The number of carbonyl (C=O) groups excluding carboxylic acids is 1. The van der Waals surface area contributed by atoms with Gasteiger partial charge in [-0.15, -0.1) is 0 Å². The van der Waals surface area contributed by atoms with Crippen LogP contribution in [0.3, 0.4) is 0 Å². The average Bonchev–Trinajstić information content (AvgIpc) is 2.15. The van der Waals surface area contributed by atoms with Crippen LogP contribution in [-0.2, 0) is 4.74 Å². The Kier molecular flexibility index (Phi) is 3.35. The van der Waals surface area contributed by atoms with Gasteiger partial charge < -0.3 is 9.47 Å². The van der Waals surface area contributed by atoms with Crippen LogP contribution in [0.5, 0.6) is 5.75 Å². The van der Waals surface area contributed by atoms with Gasteiger partial charge in [-0.05, 0) is 32.9 Å². The van der Waals surface area contributed by atoms with E-state index in [0.717, 1.165) is 0 Å². The molecular formula is C12H16O3. The van der Waals surface area contributed by atoms with Crippen LogP contribution in [0.1, 0.15) is 31.1 Å². The first-order chi connectivity index (χ1) is 6.94. The first kappa shape index (κ1) is 11.6. The lowest BCUT2D eigenvalue weighted by Gasteiger charge is -2.20. The Balaban J connectivity index is 2.91. The molecule has 0 atom stereocenters. The standard InChI is InChI=1S/C12H16O3/c1-12(2,3)15-11(13)9-7-5-6-8-10(9)14-4/h5-8H,1-4H3. The van der Waals surface area contributed by atoms with Crippen LogP contribution in [0.2, 0.25) is 0 Å². The Morgan fingerprint density at radius 1 is 1.20 bits per heavy atom. The molecule has 0 heterocycles. The highest BCUT2D eigenvalue weighted by Gasteiger charge is 2.20. The molecule has 0 saturated heterocycles. The van der Waals surface area contributed by atoms with Crippen LogP contribution in [0.25, 0.3) is 0 Å². The lowest BCUT2D eigenvalue weighted by Crippen LogP contribution is -2.24. The monoisotopic (exact) mass is 208 g/mol. The van der Waals surface area contributed by atoms with Crippen LogP contribution in [0.4, 0.5) is 0 Å². The number of benzene rings is 1. The van der Waals surface area contributed by atoms with Crippen molar-refractivity contribution in [1.82, 2.24) is 0 Å². The van der Waals surface area contributed by atoms with Gasteiger partial charge in [-0.1, -0.05) is 12.1 Å². The summed E-state index contributed by atoms with van der Waals surface area (Å²) in [4.78, 5) is 11.7. The summed E-state index contributed by atoms with van der Waals surface area (Å²) in [6.45, 7) is 5.50. The third-order valence-corrected chi connectivity index (χ3v) is 1.73. The van der Waals surface area contributed by atoms with E-state index in [9.17, 15) is 4.79 Å². The molecular weight excluding hydrogens is 192 g/mol. The summed E-state index contributed by atoms with van der Waals surface area (Å²) in [6.07, 6.45) is 0. The van der Waals surface area contributed by atoms with Crippen molar-refractivity contribution in [3.8, 4) is 5.75 Å². The van der Waals surface area contributed by atoms with Crippen LogP contribution < -0.4 is 4.74 Å². The zero-order valence-electron chi connectivity index (χ0n) is 9.53. The minimum Gasteiger partial charge on any atom is -0.496 e. The number of hydrogen-bond donors (Lipinski definition) is 0. The van der Waals surface area contributed by atoms with Gasteiger partial charge in [0.1, 0.15) is 16.9 Å². The van der Waals surface area contributed by atoms with Crippen molar-refractivity contribution < 1.29 is 14.3 Å². The first-order valence-electron chi connectivity index (χ1n) is 4.80.